The predicted octanol–water partition coefficient (Wildman–Crippen LogP) is 13.7. The fraction of sp³-hybridized carbons (Fsp3) is 0.959. The quantitative estimate of drug-likeness (QED) is 0.0264. The Hall–Kier alpha value is 0.248. The highest BCUT2D eigenvalue weighted by Crippen LogP contribution is 2.37. The molecule has 2 heterocycles. The lowest BCUT2D eigenvalue weighted by Crippen LogP contribution is -2.40. The maximum absolute atomic E-state index is 6.86. The summed E-state index contributed by atoms with van der Waals surface area (Å²) in [7, 11) is -5.19. The minimum Gasteiger partial charge on any atom is -0.417 e. The summed E-state index contributed by atoms with van der Waals surface area (Å²) in [6, 6.07) is 3.43. The molecule has 2 aliphatic heterocycles. The van der Waals surface area contributed by atoms with Crippen LogP contribution < -0.4 is 0 Å². The molecule has 2 aliphatic rings. The predicted molar refractivity (Wildman–Crippen MR) is 271 cm³/mol. The number of hydrogen-bond donors (Lipinski definition) is 0. The molecule has 0 unspecified atom stereocenters. The molecule has 0 amide bonds. The molecular formula is C49H102O9Si4. The van der Waals surface area contributed by atoms with Crippen molar-refractivity contribution in [1.29, 1.82) is 0 Å². The lowest BCUT2D eigenvalue weighted by Gasteiger charge is -2.36. The van der Waals surface area contributed by atoms with E-state index >= 15 is 0 Å². The lowest BCUT2D eigenvalue weighted by atomic mass is 10.0. The molecule has 62 heavy (non-hydrogen) atoms. The van der Waals surface area contributed by atoms with Crippen LogP contribution in [0.5, 0.6) is 0 Å². The van der Waals surface area contributed by atoms with E-state index in [2.05, 4.69) is 112 Å². The Kier molecular flexibility index (Phi) is 28.1. The molecular weight excluding hydrogens is 845 g/mol. The molecule has 0 radical (unpaired) electrons. The molecule has 0 aromatic rings. The molecule has 9 nitrogen and oxygen atoms in total. The van der Waals surface area contributed by atoms with Crippen LogP contribution in [0.3, 0.4) is 0 Å². The smallest absolute Gasteiger partial charge is 0.191 e. The summed E-state index contributed by atoms with van der Waals surface area (Å²) in [6.07, 6.45) is 19.5. The van der Waals surface area contributed by atoms with E-state index in [0.717, 1.165) is 109 Å². The van der Waals surface area contributed by atoms with Crippen LogP contribution in [-0.2, 0) is 42.3 Å². The van der Waals surface area contributed by atoms with Crippen LogP contribution >= 0.6 is 0 Å². The van der Waals surface area contributed by atoms with Crippen molar-refractivity contribution in [2.75, 3.05) is 46.8 Å². The SMILES string of the molecule is CCCCC[C@@H](CC/C=C/[C@@H](OCOCC[Si](C)(C)C)[C@H]1CC[C@H]([C@H]2CC[C@H]([C@@H](CCCCCO[Si](C)(C)C(C)(C)C)OCOCC[Si](C)(C)C)O2)O1)OCOCC[Si](C)(C)C. The molecule has 0 aromatic heterocycles. The van der Waals surface area contributed by atoms with Crippen molar-refractivity contribution in [2.24, 2.45) is 0 Å². The van der Waals surface area contributed by atoms with Gasteiger partial charge < -0.3 is 42.3 Å². The van der Waals surface area contributed by atoms with Crippen LogP contribution in [-0.4, -0.2) is 122 Å². The summed E-state index contributed by atoms with van der Waals surface area (Å²) in [5.74, 6) is 0. The minimum atomic E-state index is -1.72. The molecule has 0 bridgehead atoms. The summed E-state index contributed by atoms with van der Waals surface area (Å²) in [5, 5.41) is 0.239. The van der Waals surface area contributed by atoms with Gasteiger partial charge in [0.15, 0.2) is 8.32 Å². The number of allylic oxidation sites excluding steroid dienone is 1. The molecule has 0 spiro atoms. The topological polar surface area (TPSA) is 83.1 Å². The molecule has 13 heteroatoms. The average Bonchev–Trinajstić information content (AvgIpc) is 3.85. The molecule has 2 rings (SSSR count). The summed E-state index contributed by atoms with van der Waals surface area (Å²) < 4.78 is 57.4. The van der Waals surface area contributed by atoms with Crippen LogP contribution in [0.1, 0.15) is 118 Å². The zero-order chi connectivity index (χ0) is 46.3. The van der Waals surface area contributed by atoms with Gasteiger partial charge in [-0.3, -0.25) is 0 Å². The van der Waals surface area contributed by atoms with Crippen molar-refractivity contribution < 1.29 is 42.3 Å². The second-order valence-corrected chi connectivity index (χ2v) is 45.3. The van der Waals surface area contributed by atoms with Crippen LogP contribution in [0.4, 0.5) is 0 Å². The summed E-state index contributed by atoms with van der Waals surface area (Å²) in [4.78, 5) is 0. The van der Waals surface area contributed by atoms with Crippen LogP contribution in [0.2, 0.25) is 95.2 Å². The third-order valence-corrected chi connectivity index (χ3v) is 22.6. The standard InChI is InChI=1S/C49H102O9Si4/c1-16-17-19-24-42(53-39-50-33-36-59(5,6)7)25-21-22-27-44(55-41-52-35-38-61(11,12)13)46-29-31-48(58-46)47-30-28-45(57-47)43(54-40-51-34-37-60(8,9)10)26-20-18-23-32-56-62(14,15)49(2,3)4/h22,27,42-48H,16-21,23-26,28-41H2,1-15H3/b27-22+/t42-,43+,44+,45+,46+,47+,48+/m0/s1. The van der Waals surface area contributed by atoms with Gasteiger partial charge in [-0.05, 0) is 94.1 Å². The number of rotatable bonds is 36. The molecule has 368 valence electrons. The first-order valence-electron chi connectivity index (χ1n) is 25.2. The van der Waals surface area contributed by atoms with Crippen LogP contribution in [0, 0.1) is 0 Å². The second kappa shape index (κ2) is 29.9. The molecule has 7 atom stereocenters. The van der Waals surface area contributed by atoms with Gasteiger partial charge in [0.05, 0.1) is 36.6 Å². The second-order valence-electron chi connectivity index (χ2n) is 23.7. The Morgan fingerprint density at radius 1 is 0.565 bits per heavy atom. The van der Waals surface area contributed by atoms with Crippen molar-refractivity contribution in [3.63, 3.8) is 0 Å². The highest BCUT2D eigenvalue weighted by molar-refractivity contribution is 6.77. The average molecular weight is 948 g/mol. The van der Waals surface area contributed by atoms with Crippen molar-refractivity contribution in [3.05, 3.63) is 12.2 Å². The molecule has 0 saturated carbocycles. The van der Waals surface area contributed by atoms with E-state index < -0.39 is 32.5 Å². The van der Waals surface area contributed by atoms with Gasteiger partial charge in [-0.2, -0.15) is 0 Å². The fourth-order valence-corrected chi connectivity index (χ4v) is 10.8. The van der Waals surface area contributed by atoms with Gasteiger partial charge in [-0.15, -0.1) is 0 Å². The van der Waals surface area contributed by atoms with E-state index in [-0.39, 0.29) is 54.6 Å². The summed E-state index contributed by atoms with van der Waals surface area (Å²) in [5.41, 5.74) is 0. The first-order chi connectivity index (χ1) is 29.0. The maximum Gasteiger partial charge on any atom is 0.191 e. The molecule has 2 saturated heterocycles. The zero-order valence-corrected chi connectivity index (χ0v) is 47.3. The van der Waals surface area contributed by atoms with Crippen molar-refractivity contribution >= 4 is 32.5 Å². The summed E-state index contributed by atoms with van der Waals surface area (Å²) >= 11 is 0. The highest BCUT2D eigenvalue weighted by atomic mass is 28.4. The maximum atomic E-state index is 6.86. The van der Waals surface area contributed by atoms with E-state index in [4.69, 9.17) is 42.3 Å². The van der Waals surface area contributed by atoms with Gasteiger partial charge in [0.1, 0.15) is 26.5 Å². The fourth-order valence-electron chi connectivity index (χ4n) is 7.44. The summed E-state index contributed by atoms with van der Waals surface area (Å²) in [6.45, 7) is 39.5. The van der Waals surface area contributed by atoms with E-state index in [0.29, 0.717) is 13.6 Å². The van der Waals surface area contributed by atoms with Gasteiger partial charge >= 0.3 is 0 Å². The minimum absolute atomic E-state index is 0.0178. The number of hydrogen-bond acceptors (Lipinski definition) is 9. The van der Waals surface area contributed by atoms with E-state index in [1.54, 1.807) is 0 Å². The Morgan fingerprint density at radius 2 is 1.08 bits per heavy atom. The van der Waals surface area contributed by atoms with Crippen LogP contribution in [0.25, 0.3) is 0 Å². The van der Waals surface area contributed by atoms with E-state index in [9.17, 15) is 0 Å². The number of unbranched alkanes of at least 4 members (excludes halogenated alkanes) is 4. The van der Waals surface area contributed by atoms with Gasteiger partial charge in [-0.25, -0.2) is 0 Å². The Labute approximate surface area is 387 Å². The van der Waals surface area contributed by atoms with Gasteiger partial charge in [0.25, 0.3) is 0 Å². The van der Waals surface area contributed by atoms with Crippen LogP contribution in [0.15, 0.2) is 12.2 Å². The van der Waals surface area contributed by atoms with Gasteiger partial charge in [0, 0.05) is 50.6 Å². The van der Waals surface area contributed by atoms with Gasteiger partial charge in [0.2, 0.25) is 0 Å². The van der Waals surface area contributed by atoms with E-state index in [1.165, 1.54) is 25.3 Å². The highest BCUT2D eigenvalue weighted by Gasteiger charge is 2.42. The molecule has 0 N–H and O–H groups in total. The molecule has 0 aliphatic carbocycles. The molecule has 0 aromatic carbocycles. The first-order valence-corrected chi connectivity index (χ1v) is 39.2. The van der Waals surface area contributed by atoms with Crippen molar-refractivity contribution in [1.82, 2.24) is 0 Å². The van der Waals surface area contributed by atoms with Crippen molar-refractivity contribution in [3.8, 4) is 0 Å². The normalized spacial score (nSPS) is 22.2. The number of ether oxygens (including phenoxy) is 8. The van der Waals surface area contributed by atoms with Gasteiger partial charge in [-0.1, -0.05) is 131 Å². The monoisotopic (exact) mass is 947 g/mol. The van der Waals surface area contributed by atoms with E-state index in [1.807, 2.05) is 0 Å². The first kappa shape index (κ1) is 58.4. The molecule has 2 fully saturated rings. The lowest BCUT2D eigenvalue weighted by molar-refractivity contribution is -0.156. The largest absolute Gasteiger partial charge is 0.417 e. The Balaban J connectivity index is 2.01. The van der Waals surface area contributed by atoms with Crippen molar-refractivity contribution in [2.45, 2.75) is 256 Å². The third kappa shape index (κ3) is 27.2. The Bertz CT molecular complexity index is 1160. The third-order valence-electron chi connectivity index (χ3n) is 13.0. The Morgan fingerprint density at radius 3 is 1.63 bits per heavy atom. The zero-order valence-electron chi connectivity index (χ0n) is 43.3.